The van der Waals surface area contributed by atoms with Gasteiger partial charge in [-0.1, -0.05) is 31.2 Å². The molecule has 0 aromatic heterocycles. The van der Waals surface area contributed by atoms with Gasteiger partial charge in [0.05, 0.1) is 0 Å². The second kappa shape index (κ2) is 7.32. The van der Waals surface area contributed by atoms with Crippen molar-refractivity contribution in [1.82, 2.24) is 5.32 Å². The Bertz CT molecular complexity index is 396. The molecule has 3 atom stereocenters. The number of aliphatic hydroxyl groups is 1. The lowest BCUT2D eigenvalue weighted by atomic mass is 9.99. The predicted octanol–water partition coefficient (Wildman–Crippen LogP) is 3.01. The van der Waals surface area contributed by atoms with Crippen LogP contribution in [0.2, 0.25) is 0 Å². The number of rotatable bonds is 5. The minimum atomic E-state index is 0.292. The number of nitrogens with one attached hydrogen (secondary N) is 1. The highest BCUT2D eigenvalue weighted by Crippen LogP contribution is 2.36. The van der Waals surface area contributed by atoms with Crippen LogP contribution in [0, 0.1) is 5.92 Å². The van der Waals surface area contributed by atoms with Crippen molar-refractivity contribution in [3.63, 3.8) is 0 Å². The Kier molecular flexibility index (Phi) is 5.74. The monoisotopic (exact) mass is 279 g/mol. The fourth-order valence-electron chi connectivity index (χ4n) is 2.79. The Morgan fingerprint density at radius 3 is 2.95 bits per heavy atom. The molecule has 106 valence electrons. The van der Waals surface area contributed by atoms with Gasteiger partial charge in [-0.05, 0) is 49.1 Å². The van der Waals surface area contributed by atoms with Gasteiger partial charge >= 0.3 is 0 Å². The Balaban J connectivity index is 2.12. The smallest absolute Gasteiger partial charge is 0.0464 e. The molecule has 0 heterocycles. The zero-order valence-electron chi connectivity index (χ0n) is 11.9. The van der Waals surface area contributed by atoms with Crippen molar-refractivity contribution in [2.24, 2.45) is 5.92 Å². The SMILES string of the molecule is CNC1c2ccccc2CCCC1SCC(C)CO. The second-order valence-corrected chi connectivity index (χ2v) is 6.79. The van der Waals surface area contributed by atoms with Gasteiger partial charge in [-0.25, -0.2) is 0 Å². The lowest BCUT2D eigenvalue weighted by molar-refractivity contribution is 0.250. The predicted molar refractivity (Wildman–Crippen MR) is 83.7 cm³/mol. The van der Waals surface area contributed by atoms with Crippen LogP contribution < -0.4 is 5.32 Å². The molecule has 0 aliphatic heterocycles. The summed E-state index contributed by atoms with van der Waals surface area (Å²) in [6.45, 7) is 2.41. The van der Waals surface area contributed by atoms with E-state index in [0.29, 0.717) is 23.8 Å². The number of benzene rings is 1. The third kappa shape index (κ3) is 3.74. The Morgan fingerprint density at radius 1 is 1.42 bits per heavy atom. The minimum Gasteiger partial charge on any atom is -0.396 e. The van der Waals surface area contributed by atoms with Crippen molar-refractivity contribution in [3.8, 4) is 0 Å². The Morgan fingerprint density at radius 2 is 2.21 bits per heavy atom. The molecule has 0 amide bonds. The summed E-state index contributed by atoms with van der Waals surface area (Å²) in [4.78, 5) is 0. The summed E-state index contributed by atoms with van der Waals surface area (Å²) in [7, 11) is 2.07. The zero-order valence-corrected chi connectivity index (χ0v) is 12.7. The maximum atomic E-state index is 9.17. The summed E-state index contributed by atoms with van der Waals surface area (Å²) in [5, 5.41) is 13.3. The van der Waals surface area contributed by atoms with E-state index in [9.17, 15) is 5.11 Å². The molecule has 0 fully saturated rings. The first-order valence-electron chi connectivity index (χ1n) is 7.23. The molecule has 2 nitrogen and oxygen atoms in total. The van der Waals surface area contributed by atoms with Crippen LogP contribution in [-0.2, 0) is 6.42 Å². The van der Waals surface area contributed by atoms with Gasteiger partial charge in [-0.2, -0.15) is 11.8 Å². The molecule has 0 saturated carbocycles. The van der Waals surface area contributed by atoms with Crippen LogP contribution in [0.1, 0.15) is 36.9 Å². The molecule has 1 aliphatic rings. The summed E-state index contributed by atoms with van der Waals surface area (Å²) in [5.74, 6) is 1.43. The molecule has 2 rings (SSSR count). The van der Waals surface area contributed by atoms with Crippen LogP contribution in [0.3, 0.4) is 0 Å². The number of aryl methyl sites for hydroxylation is 1. The van der Waals surface area contributed by atoms with Crippen LogP contribution >= 0.6 is 11.8 Å². The maximum absolute atomic E-state index is 9.17. The molecule has 0 bridgehead atoms. The largest absolute Gasteiger partial charge is 0.396 e. The first kappa shape index (κ1) is 14.9. The molecule has 0 spiro atoms. The highest BCUT2D eigenvalue weighted by molar-refractivity contribution is 7.99. The van der Waals surface area contributed by atoms with Gasteiger partial charge < -0.3 is 10.4 Å². The average Bonchev–Trinajstić information content (AvgIpc) is 2.63. The number of fused-ring (bicyclic) bond motifs is 1. The lowest BCUT2D eigenvalue weighted by Crippen LogP contribution is -2.28. The van der Waals surface area contributed by atoms with E-state index in [1.807, 2.05) is 11.8 Å². The van der Waals surface area contributed by atoms with Crippen LogP contribution in [-0.4, -0.2) is 29.8 Å². The standard InChI is InChI=1S/C16H25NOS/c1-12(10-18)11-19-15-9-5-7-13-6-3-4-8-14(13)16(15)17-2/h3-4,6,8,12,15-18H,5,7,9-11H2,1-2H3. The van der Waals surface area contributed by atoms with E-state index in [-0.39, 0.29) is 0 Å². The Labute approximate surface area is 121 Å². The molecule has 2 N–H and O–H groups in total. The highest BCUT2D eigenvalue weighted by atomic mass is 32.2. The molecule has 3 unspecified atom stereocenters. The second-order valence-electron chi connectivity index (χ2n) is 5.52. The number of hydrogen-bond acceptors (Lipinski definition) is 3. The van der Waals surface area contributed by atoms with Crippen LogP contribution in [0.5, 0.6) is 0 Å². The van der Waals surface area contributed by atoms with Crippen LogP contribution in [0.25, 0.3) is 0 Å². The van der Waals surface area contributed by atoms with E-state index in [4.69, 9.17) is 0 Å². The van der Waals surface area contributed by atoms with E-state index in [1.165, 1.54) is 30.4 Å². The molecule has 0 saturated heterocycles. The summed E-state index contributed by atoms with van der Waals surface area (Å²) < 4.78 is 0. The molecule has 0 radical (unpaired) electrons. The first-order chi connectivity index (χ1) is 9.26. The summed E-state index contributed by atoms with van der Waals surface area (Å²) in [6, 6.07) is 9.27. The topological polar surface area (TPSA) is 32.3 Å². The van der Waals surface area contributed by atoms with Crippen molar-refractivity contribution < 1.29 is 5.11 Å². The quantitative estimate of drug-likeness (QED) is 0.813. The van der Waals surface area contributed by atoms with E-state index in [0.717, 1.165) is 5.75 Å². The first-order valence-corrected chi connectivity index (χ1v) is 8.28. The fraction of sp³-hybridized carbons (Fsp3) is 0.625. The molecular formula is C16H25NOS. The van der Waals surface area contributed by atoms with Crippen molar-refractivity contribution in [3.05, 3.63) is 35.4 Å². The molecule has 3 heteroatoms. The van der Waals surface area contributed by atoms with Gasteiger partial charge in [0.15, 0.2) is 0 Å². The van der Waals surface area contributed by atoms with E-state index in [1.54, 1.807) is 0 Å². The Hall–Kier alpha value is -0.510. The summed E-state index contributed by atoms with van der Waals surface area (Å²) in [6.07, 6.45) is 3.71. The van der Waals surface area contributed by atoms with Crippen LogP contribution in [0.4, 0.5) is 0 Å². The van der Waals surface area contributed by atoms with Gasteiger partial charge in [0, 0.05) is 17.9 Å². The van der Waals surface area contributed by atoms with Gasteiger partial charge in [-0.3, -0.25) is 0 Å². The molecule has 1 aromatic carbocycles. The number of thioether (sulfide) groups is 1. The highest BCUT2D eigenvalue weighted by Gasteiger charge is 2.26. The fourth-order valence-corrected chi connectivity index (χ4v) is 4.28. The summed E-state index contributed by atoms with van der Waals surface area (Å²) in [5.41, 5.74) is 2.97. The van der Waals surface area contributed by atoms with E-state index >= 15 is 0 Å². The van der Waals surface area contributed by atoms with Gasteiger partial charge in [0.25, 0.3) is 0 Å². The van der Waals surface area contributed by atoms with Crippen molar-refractivity contribution in [2.75, 3.05) is 19.4 Å². The van der Waals surface area contributed by atoms with Gasteiger partial charge in [0.1, 0.15) is 0 Å². The minimum absolute atomic E-state index is 0.292. The zero-order chi connectivity index (χ0) is 13.7. The van der Waals surface area contributed by atoms with Crippen molar-refractivity contribution in [2.45, 2.75) is 37.5 Å². The number of aliphatic hydroxyl groups excluding tert-OH is 1. The average molecular weight is 279 g/mol. The van der Waals surface area contributed by atoms with E-state index in [2.05, 4.69) is 43.6 Å². The van der Waals surface area contributed by atoms with Crippen molar-refractivity contribution in [1.29, 1.82) is 0 Å². The normalized spacial score (nSPS) is 24.6. The molecule has 1 aromatic rings. The maximum Gasteiger partial charge on any atom is 0.0464 e. The third-order valence-corrected chi connectivity index (χ3v) is 5.61. The number of hydrogen-bond donors (Lipinski definition) is 2. The van der Waals surface area contributed by atoms with Gasteiger partial charge in [-0.15, -0.1) is 0 Å². The molecule has 19 heavy (non-hydrogen) atoms. The van der Waals surface area contributed by atoms with Gasteiger partial charge in [0.2, 0.25) is 0 Å². The third-order valence-electron chi connectivity index (χ3n) is 3.91. The van der Waals surface area contributed by atoms with Crippen LogP contribution in [0.15, 0.2) is 24.3 Å². The molecular weight excluding hydrogens is 254 g/mol. The van der Waals surface area contributed by atoms with E-state index < -0.39 is 0 Å². The lowest BCUT2D eigenvalue weighted by Gasteiger charge is -2.26. The van der Waals surface area contributed by atoms with Crippen molar-refractivity contribution >= 4 is 11.8 Å². The summed E-state index contributed by atoms with van der Waals surface area (Å²) >= 11 is 2.02. The molecule has 1 aliphatic carbocycles.